The van der Waals surface area contributed by atoms with Crippen LogP contribution in [0, 0.1) is 6.92 Å². The Balaban J connectivity index is 1.94. The van der Waals surface area contributed by atoms with Gasteiger partial charge in [0.2, 0.25) is 5.95 Å². The number of nitrogens with zero attached hydrogens (tertiary/aromatic N) is 2. The van der Waals surface area contributed by atoms with Crippen molar-refractivity contribution in [2.24, 2.45) is 0 Å². The summed E-state index contributed by atoms with van der Waals surface area (Å²) >= 11 is 7.85. The Hall–Kier alpha value is -1.85. The monoisotopic (exact) mass is 318 g/mol. The zero-order valence-corrected chi connectivity index (χ0v) is 13.3. The smallest absolute Gasteiger partial charge is 0.225 e. The molecule has 0 atom stereocenters. The molecule has 0 saturated heterocycles. The third-order valence-electron chi connectivity index (χ3n) is 3.14. The maximum Gasteiger partial charge on any atom is 0.225 e. The summed E-state index contributed by atoms with van der Waals surface area (Å²) in [5.74, 6) is 1.44. The second-order valence-corrected chi connectivity index (χ2v) is 6.31. The fraction of sp³-hybridized carbons (Fsp3) is 0.200. The van der Waals surface area contributed by atoms with Gasteiger partial charge in [0.1, 0.15) is 10.6 Å². The number of rotatable bonds is 4. The van der Waals surface area contributed by atoms with Gasteiger partial charge >= 0.3 is 0 Å². The van der Waals surface area contributed by atoms with E-state index in [9.17, 15) is 0 Å². The summed E-state index contributed by atoms with van der Waals surface area (Å²) in [7, 11) is 1.82. The minimum absolute atomic E-state index is 0.617. The first-order chi connectivity index (χ1) is 10.2. The quantitative estimate of drug-likeness (QED) is 0.752. The SMILES string of the molecule is CNc1nc(NCc2ccccc2Cl)c2cc(C)sc2n1. The zero-order chi connectivity index (χ0) is 14.8. The van der Waals surface area contributed by atoms with Crippen LogP contribution in [0.15, 0.2) is 30.3 Å². The van der Waals surface area contributed by atoms with Crippen LogP contribution in [0.4, 0.5) is 11.8 Å². The highest BCUT2D eigenvalue weighted by molar-refractivity contribution is 7.18. The van der Waals surface area contributed by atoms with E-state index in [1.807, 2.05) is 31.3 Å². The molecule has 0 bridgehead atoms. The summed E-state index contributed by atoms with van der Waals surface area (Å²) in [5, 5.41) is 8.16. The van der Waals surface area contributed by atoms with E-state index in [2.05, 4.69) is 33.6 Å². The number of benzene rings is 1. The molecule has 0 aliphatic carbocycles. The summed E-state index contributed by atoms with van der Waals surface area (Å²) in [5.41, 5.74) is 1.05. The van der Waals surface area contributed by atoms with Gasteiger partial charge in [-0.05, 0) is 24.6 Å². The normalized spacial score (nSPS) is 10.8. The van der Waals surface area contributed by atoms with E-state index in [0.717, 1.165) is 26.6 Å². The van der Waals surface area contributed by atoms with Crippen molar-refractivity contribution in [1.82, 2.24) is 9.97 Å². The molecule has 3 rings (SSSR count). The molecule has 0 fully saturated rings. The molecule has 21 heavy (non-hydrogen) atoms. The second kappa shape index (κ2) is 5.87. The van der Waals surface area contributed by atoms with Gasteiger partial charge in [0.05, 0.1) is 5.39 Å². The molecule has 2 N–H and O–H groups in total. The number of hydrogen-bond donors (Lipinski definition) is 2. The van der Waals surface area contributed by atoms with Crippen molar-refractivity contribution in [3.63, 3.8) is 0 Å². The van der Waals surface area contributed by atoms with Gasteiger partial charge in [-0.2, -0.15) is 4.98 Å². The number of halogens is 1. The molecule has 1 aromatic carbocycles. The Bertz CT molecular complexity index is 784. The van der Waals surface area contributed by atoms with E-state index in [-0.39, 0.29) is 0 Å². The average Bonchev–Trinajstić information content (AvgIpc) is 2.86. The average molecular weight is 319 g/mol. The van der Waals surface area contributed by atoms with Crippen molar-refractivity contribution < 1.29 is 0 Å². The van der Waals surface area contributed by atoms with Crippen LogP contribution in [0.5, 0.6) is 0 Å². The van der Waals surface area contributed by atoms with Crippen molar-refractivity contribution in [3.8, 4) is 0 Å². The maximum atomic E-state index is 6.19. The molecule has 2 aromatic heterocycles. The van der Waals surface area contributed by atoms with Gasteiger partial charge in [0.25, 0.3) is 0 Å². The van der Waals surface area contributed by atoms with Crippen molar-refractivity contribution in [3.05, 3.63) is 45.8 Å². The lowest BCUT2D eigenvalue weighted by atomic mass is 10.2. The van der Waals surface area contributed by atoms with Gasteiger partial charge in [0, 0.05) is 23.5 Å². The molecule has 3 aromatic rings. The molecule has 0 spiro atoms. The van der Waals surface area contributed by atoms with Crippen molar-refractivity contribution >= 4 is 44.9 Å². The topological polar surface area (TPSA) is 49.8 Å². The Morgan fingerprint density at radius 2 is 2.05 bits per heavy atom. The Kier molecular flexibility index (Phi) is 3.94. The Morgan fingerprint density at radius 1 is 1.24 bits per heavy atom. The predicted molar refractivity (Wildman–Crippen MR) is 90.5 cm³/mol. The lowest BCUT2D eigenvalue weighted by Gasteiger charge is -2.09. The molecule has 2 heterocycles. The van der Waals surface area contributed by atoms with E-state index in [1.54, 1.807) is 11.3 Å². The van der Waals surface area contributed by atoms with Crippen molar-refractivity contribution in [2.45, 2.75) is 13.5 Å². The first-order valence-corrected chi connectivity index (χ1v) is 7.80. The second-order valence-electron chi connectivity index (χ2n) is 4.67. The molecular formula is C15H15ClN4S. The third-order valence-corrected chi connectivity index (χ3v) is 4.46. The van der Waals surface area contributed by atoms with Crippen molar-refractivity contribution in [2.75, 3.05) is 17.7 Å². The van der Waals surface area contributed by atoms with E-state index in [1.165, 1.54) is 4.88 Å². The molecule has 0 amide bonds. The number of aromatic nitrogens is 2. The first-order valence-electron chi connectivity index (χ1n) is 6.60. The fourth-order valence-corrected chi connectivity index (χ4v) is 3.19. The lowest BCUT2D eigenvalue weighted by molar-refractivity contribution is 1.10. The summed E-state index contributed by atoms with van der Waals surface area (Å²) in [4.78, 5) is 11.2. The molecular weight excluding hydrogens is 304 g/mol. The minimum Gasteiger partial charge on any atom is -0.365 e. The minimum atomic E-state index is 0.617. The Morgan fingerprint density at radius 3 is 2.81 bits per heavy atom. The van der Waals surface area contributed by atoms with Gasteiger partial charge in [-0.3, -0.25) is 0 Å². The molecule has 0 radical (unpaired) electrons. The zero-order valence-electron chi connectivity index (χ0n) is 11.8. The standard InChI is InChI=1S/C15H15ClN4S/c1-9-7-11-13(19-15(17-2)20-14(11)21-9)18-8-10-5-3-4-6-12(10)16/h3-7H,8H2,1-2H3,(H2,17,18,19,20). The number of nitrogens with one attached hydrogen (secondary N) is 2. The van der Waals surface area contributed by atoms with Gasteiger partial charge in [-0.1, -0.05) is 29.8 Å². The van der Waals surface area contributed by atoms with Crippen LogP contribution < -0.4 is 10.6 Å². The Labute approximate surface area is 132 Å². The summed E-state index contributed by atoms with van der Waals surface area (Å²) in [6, 6.07) is 9.91. The molecule has 108 valence electrons. The van der Waals surface area contributed by atoms with Gasteiger partial charge in [0.15, 0.2) is 0 Å². The summed E-state index contributed by atoms with van der Waals surface area (Å²) in [6.07, 6.45) is 0. The van der Waals surface area contributed by atoms with E-state index in [0.29, 0.717) is 12.5 Å². The van der Waals surface area contributed by atoms with Gasteiger partial charge in [-0.25, -0.2) is 4.98 Å². The van der Waals surface area contributed by atoms with E-state index >= 15 is 0 Å². The van der Waals surface area contributed by atoms with E-state index < -0.39 is 0 Å². The number of fused-ring (bicyclic) bond motifs is 1. The molecule has 0 aliphatic heterocycles. The largest absolute Gasteiger partial charge is 0.365 e. The first kappa shape index (κ1) is 14.1. The molecule has 0 saturated carbocycles. The van der Waals surface area contributed by atoms with Crippen LogP contribution in [-0.4, -0.2) is 17.0 Å². The van der Waals surface area contributed by atoms with Gasteiger partial charge in [-0.15, -0.1) is 11.3 Å². The van der Waals surface area contributed by atoms with Crippen LogP contribution in [0.2, 0.25) is 5.02 Å². The van der Waals surface area contributed by atoms with Crippen LogP contribution >= 0.6 is 22.9 Å². The number of anilines is 2. The maximum absolute atomic E-state index is 6.19. The molecule has 6 heteroatoms. The molecule has 0 unspecified atom stereocenters. The van der Waals surface area contributed by atoms with Crippen LogP contribution in [0.25, 0.3) is 10.2 Å². The molecule has 0 aliphatic rings. The van der Waals surface area contributed by atoms with Crippen molar-refractivity contribution in [1.29, 1.82) is 0 Å². The third kappa shape index (κ3) is 2.94. The van der Waals surface area contributed by atoms with Crippen LogP contribution in [0.1, 0.15) is 10.4 Å². The molecule has 4 nitrogen and oxygen atoms in total. The fourth-order valence-electron chi connectivity index (χ4n) is 2.11. The number of thiophene rings is 1. The summed E-state index contributed by atoms with van der Waals surface area (Å²) < 4.78 is 0. The predicted octanol–water partition coefficient (Wildman–Crippen LogP) is 4.31. The van der Waals surface area contributed by atoms with E-state index in [4.69, 9.17) is 11.6 Å². The van der Waals surface area contributed by atoms with Crippen LogP contribution in [-0.2, 0) is 6.54 Å². The highest BCUT2D eigenvalue weighted by Gasteiger charge is 2.10. The highest BCUT2D eigenvalue weighted by Crippen LogP contribution is 2.30. The number of aryl methyl sites for hydroxylation is 1. The highest BCUT2D eigenvalue weighted by atomic mass is 35.5. The summed E-state index contributed by atoms with van der Waals surface area (Å²) in [6.45, 7) is 2.70. The van der Waals surface area contributed by atoms with Gasteiger partial charge < -0.3 is 10.6 Å². The lowest BCUT2D eigenvalue weighted by Crippen LogP contribution is -2.05. The number of hydrogen-bond acceptors (Lipinski definition) is 5. The van der Waals surface area contributed by atoms with Crippen LogP contribution in [0.3, 0.4) is 0 Å².